The van der Waals surface area contributed by atoms with Gasteiger partial charge in [-0.2, -0.15) is 9.57 Å². The number of halogens is 1. The minimum atomic E-state index is -3.84. The number of nitrogens with zero attached hydrogens (tertiary/aromatic N) is 2. The lowest BCUT2D eigenvalue weighted by Gasteiger charge is -2.42. The van der Waals surface area contributed by atoms with E-state index in [4.69, 9.17) is 11.6 Å². The minimum Gasteiger partial charge on any atom is -0.315 e. The van der Waals surface area contributed by atoms with Gasteiger partial charge >= 0.3 is 0 Å². The number of nitriles is 1. The molecule has 1 fully saturated rings. The van der Waals surface area contributed by atoms with Gasteiger partial charge in [0.1, 0.15) is 21.3 Å². The third kappa shape index (κ3) is 4.59. The average molecular weight is 527 g/mol. The predicted molar refractivity (Wildman–Crippen MR) is 132 cm³/mol. The van der Waals surface area contributed by atoms with E-state index >= 15 is 0 Å². The van der Waals surface area contributed by atoms with E-state index in [2.05, 4.69) is 44.4 Å². The maximum Gasteiger partial charge on any atom is 0.253 e. The summed E-state index contributed by atoms with van der Waals surface area (Å²) in [6.45, 7) is 8.59. The maximum absolute atomic E-state index is 13.4. The van der Waals surface area contributed by atoms with E-state index in [-0.39, 0.29) is 21.8 Å². The average Bonchev–Trinajstić information content (AvgIpc) is 3.30. The summed E-state index contributed by atoms with van der Waals surface area (Å²) in [6, 6.07) is 4.47. The standard InChI is InChI=1S/C22H27ClN4O3S3/c1-21(2)11-13-14(12-24)20(32-18(13)22(3,4)26-21)25-19(28)15-7-5-6-10-27(15)33(29,30)17-9-8-16(23)31-17/h8-9,15,26H,5-7,10-11H2,1-4H3,(H,25,28). The van der Waals surface area contributed by atoms with Crippen molar-refractivity contribution in [3.63, 3.8) is 0 Å². The zero-order valence-electron chi connectivity index (χ0n) is 19.0. The number of thiophene rings is 2. The van der Waals surface area contributed by atoms with Crippen LogP contribution in [-0.4, -0.2) is 36.8 Å². The summed E-state index contributed by atoms with van der Waals surface area (Å²) in [5.74, 6) is -0.402. The van der Waals surface area contributed by atoms with Crippen LogP contribution in [0.25, 0.3) is 0 Å². The number of rotatable bonds is 4. The fraction of sp³-hybridized carbons (Fsp3) is 0.545. The zero-order valence-corrected chi connectivity index (χ0v) is 22.2. The van der Waals surface area contributed by atoms with E-state index in [1.165, 1.54) is 21.7 Å². The first-order valence-electron chi connectivity index (χ1n) is 10.8. The molecule has 2 N–H and O–H groups in total. The van der Waals surface area contributed by atoms with Crippen molar-refractivity contribution in [2.75, 3.05) is 11.9 Å². The molecule has 0 aliphatic carbocycles. The lowest BCUT2D eigenvalue weighted by Crippen LogP contribution is -2.54. The number of hydrogen-bond donors (Lipinski definition) is 2. The normalized spacial score (nSPS) is 22.4. The van der Waals surface area contributed by atoms with Gasteiger partial charge in [0.2, 0.25) is 5.91 Å². The Morgan fingerprint density at radius 3 is 2.64 bits per heavy atom. The Bertz CT molecular complexity index is 1240. The van der Waals surface area contributed by atoms with Crippen LogP contribution in [0.15, 0.2) is 16.3 Å². The molecule has 11 heteroatoms. The highest BCUT2D eigenvalue weighted by molar-refractivity contribution is 7.91. The van der Waals surface area contributed by atoms with Crippen molar-refractivity contribution in [2.45, 2.75) is 74.7 Å². The Morgan fingerprint density at radius 2 is 2.00 bits per heavy atom. The van der Waals surface area contributed by atoms with Crippen LogP contribution in [0.3, 0.4) is 0 Å². The molecule has 0 radical (unpaired) electrons. The van der Waals surface area contributed by atoms with Gasteiger partial charge in [0, 0.05) is 22.5 Å². The highest BCUT2D eigenvalue weighted by atomic mass is 35.5. The van der Waals surface area contributed by atoms with Crippen molar-refractivity contribution in [3.8, 4) is 6.07 Å². The summed E-state index contributed by atoms with van der Waals surface area (Å²) in [5, 5.41) is 16.9. The van der Waals surface area contributed by atoms with Gasteiger partial charge in [-0.25, -0.2) is 8.42 Å². The van der Waals surface area contributed by atoms with Crippen LogP contribution < -0.4 is 10.6 Å². The van der Waals surface area contributed by atoms with Crippen LogP contribution in [0, 0.1) is 11.3 Å². The lowest BCUT2D eigenvalue weighted by molar-refractivity contribution is -0.120. The zero-order chi connectivity index (χ0) is 24.2. The van der Waals surface area contributed by atoms with Crippen molar-refractivity contribution < 1.29 is 13.2 Å². The molecule has 178 valence electrons. The summed E-state index contributed by atoms with van der Waals surface area (Å²) < 4.78 is 28.3. The number of nitrogens with one attached hydrogen (secondary N) is 2. The van der Waals surface area contributed by atoms with Gasteiger partial charge in [0.05, 0.1) is 9.90 Å². The largest absolute Gasteiger partial charge is 0.315 e. The van der Waals surface area contributed by atoms with Gasteiger partial charge in [-0.3, -0.25) is 4.79 Å². The first-order chi connectivity index (χ1) is 15.4. The molecule has 1 atom stereocenters. The molecule has 0 aromatic carbocycles. The number of carbonyl (C=O) groups is 1. The Labute approximate surface area is 207 Å². The van der Waals surface area contributed by atoms with E-state index < -0.39 is 22.0 Å². The van der Waals surface area contributed by atoms with Crippen LogP contribution in [-0.2, 0) is 26.8 Å². The Morgan fingerprint density at radius 1 is 1.27 bits per heavy atom. The molecule has 2 aromatic heterocycles. The summed E-state index contributed by atoms with van der Waals surface area (Å²) in [6.07, 6.45) is 2.54. The van der Waals surface area contributed by atoms with Crippen molar-refractivity contribution in [1.29, 1.82) is 5.26 Å². The van der Waals surface area contributed by atoms with E-state index in [9.17, 15) is 18.5 Å². The van der Waals surface area contributed by atoms with Gasteiger partial charge in [-0.05, 0) is 64.7 Å². The van der Waals surface area contributed by atoms with Crippen LogP contribution in [0.2, 0.25) is 4.34 Å². The summed E-state index contributed by atoms with van der Waals surface area (Å²) in [7, 11) is -3.84. The number of piperidine rings is 1. The lowest BCUT2D eigenvalue weighted by atomic mass is 9.81. The van der Waals surface area contributed by atoms with Crippen LogP contribution >= 0.6 is 34.3 Å². The monoisotopic (exact) mass is 526 g/mol. The molecule has 1 amide bonds. The second kappa shape index (κ2) is 8.63. The van der Waals surface area contributed by atoms with Gasteiger partial charge in [0.15, 0.2) is 0 Å². The molecular weight excluding hydrogens is 500 g/mol. The van der Waals surface area contributed by atoms with E-state index in [0.717, 1.165) is 28.2 Å². The minimum absolute atomic E-state index is 0.131. The van der Waals surface area contributed by atoms with Crippen LogP contribution in [0.4, 0.5) is 5.00 Å². The molecule has 33 heavy (non-hydrogen) atoms. The van der Waals surface area contributed by atoms with Crippen molar-refractivity contribution in [3.05, 3.63) is 32.5 Å². The second-order valence-corrected chi connectivity index (χ2v) is 14.6. The third-order valence-electron chi connectivity index (χ3n) is 6.06. The number of amides is 1. The molecule has 0 saturated carbocycles. The van der Waals surface area contributed by atoms with E-state index in [0.29, 0.717) is 34.2 Å². The first kappa shape index (κ1) is 24.6. The van der Waals surface area contributed by atoms with Gasteiger partial charge in [0.25, 0.3) is 10.0 Å². The smallest absolute Gasteiger partial charge is 0.253 e. The predicted octanol–water partition coefficient (Wildman–Crippen LogP) is 4.68. The molecule has 1 unspecified atom stereocenters. The molecule has 7 nitrogen and oxygen atoms in total. The number of hydrogen-bond acceptors (Lipinski definition) is 7. The summed E-state index contributed by atoms with van der Waals surface area (Å²) in [5.41, 5.74) is 0.879. The Balaban J connectivity index is 1.65. The fourth-order valence-corrected chi connectivity index (χ4v) is 9.43. The number of sulfonamides is 1. The molecule has 0 spiro atoms. The third-order valence-corrected chi connectivity index (χ3v) is 11.1. The highest BCUT2D eigenvalue weighted by Gasteiger charge is 2.42. The molecular formula is C22H27ClN4O3S3. The number of fused-ring (bicyclic) bond motifs is 1. The highest BCUT2D eigenvalue weighted by Crippen LogP contribution is 2.45. The van der Waals surface area contributed by atoms with Crippen LogP contribution in [0.5, 0.6) is 0 Å². The van der Waals surface area contributed by atoms with Crippen molar-refractivity contribution >= 4 is 55.2 Å². The van der Waals surface area contributed by atoms with Crippen molar-refractivity contribution in [2.24, 2.45) is 0 Å². The van der Waals surface area contributed by atoms with E-state index in [1.54, 1.807) is 6.07 Å². The van der Waals surface area contributed by atoms with E-state index in [1.807, 2.05) is 0 Å². The molecule has 0 bridgehead atoms. The maximum atomic E-state index is 13.4. The molecule has 4 rings (SSSR count). The quantitative estimate of drug-likeness (QED) is 0.602. The molecule has 2 aliphatic rings. The molecule has 2 aromatic rings. The first-order valence-corrected chi connectivity index (χ1v) is 14.2. The number of carbonyl (C=O) groups excluding carboxylic acids is 1. The van der Waals surface area contributed by atoms with Gasteiger partial charge in [-0.15, -0.1) is 22.7 Å². The molecule has 2 aliphatic heterocycles. The van der Waals surface area contributed by atoms with Gasteiger partial charge < -0.3 is 10.6 Å². The Kier molecular flexibility index (Phi) is 6.44. The second-order valence-electron chi connectivity index (χ2n) is 9.71. The van der Waals surface area contributed by atoms with Crippen molar-refractivity contribution in [1.82, 2.24) is 9.62 Å². The molecule has 4 heterocycles. The molecule has 1 saturated heterocycles. The number of anilines is 1. The summed E-state index contributed by atoms with van der Waals surface area (Å²) in [4.78, 5) is 14.4. The fourth-order valence-electron chi connectivity index (χ4n) is 4.94. The summed E-state index contributed by atoms with van der Waals surface area (Å²) >= 11 is 8.34. The van der Waals surface area contributed by atoms with Gasteiger partial charge in [-0.1, -0.05) is 18.0 Å². The van der Waals surface area contributed by atoms with Crippen LogP contribution in [0.1, 0.15) is 63.0 Å². The topological polar surface area (TPSA) is 102 Å². The Hall–Kier alpha value is -1.48. The SMILES string of the molecule is CC1(C)Cc2c(sc(NC(=O)C3CCCCN3S(=O)(=O)c3ccc(Cl)s3)c2C#N)C(C)(C)N1.